The summed E-state index contributed by atoms with van der Waals surface area (Å²) in [6, 6.07) is 6.44. The van der Waals surface area contributed by atoms with Crippen LogP contribution in [-0.4, -0.2) is 36.1 Å². The van der Waals surface area contributed by atoms with Gasteiger partial charge in [0.1, 0.15) is 0 Å². The Kier molecular flexibility index (Phi) is 8.20. The minimum Gasteiger partial charge on any atom is -0.338 e. The summed E-state index contributed by atoms with van der Waals surface area (Å²) in [6.45, 7) is 14.7. The third-order valence-corrected chi connectivity index (χ3v) is 5.92. The fourth-order valence-corrected chi connectivity index (χ4v) is 3.88. The fourth-order valence-electron chi connectivity index (χ4n) is 2.99. The molecule has 6 heteroatoms. The zero-order valence-electron chi connectivity index (χ0n) is 17.7. The van der Waals surface area contributed by atoms with Crippen LogP contribution in [0.3, 0.4) is 0 Å². The van der Waals surface area contributed by atoms with E-state index in [1.54, 1.807) is 0 Å². The van der Waals surface area contributed by atoms with Gasteiger partial charge in [-0.05, 0) is 76.4 Å². The first-order valence-electron chi connectivity index (χ1n) is 9.69. The quantitative estimate of drug-likeness (QED) is 0.573. The second-order valence-electron chi connectivity index (χ2n) is 7.46. The molecule has 2 aromatic rings. The maximum atomic E-state index is 12.0. The predicted molar refractivity (Wildman–Crippen MR) is 120 cm³/mol. The molecule has 5 nitrogen and oxygen atoms in total. The van der Waals surface area contributed by atoms with Crippen LogP contribution in [0.25, 0.3) is 5.57 Å². The summed E-state index contributed by atoms with van der Waals surface area (Å²) < 4.78 is 0. The predicted octanol–water partition coefficient (Wildman–Crippen LogP) is 5.14. The zero-order chi connectivity index (χ0) is 20.7. The van der Waals surface area contributed by atoms with E-state index in [-0.39, 0.29) is 6.03 Å². The van der Waals surface area contributed by atoms with Gasteiger partial charge in [0.2, 0.25) is 0 Å². The van der Waals surface area contributed by atoms with Gasteiger partial charge in [-0.25, -0.2) is 9.78 Å². The highest BCUT2D eigenvalue weighted by molar-refractivity contribution is 7.16. The largest absolute Gasteiger partial charge is 0.338 e. The van der Waals surface area contributed by atoms with Crippen molar-refractivity contribution in [2.75, 3.05) is 25.5 Å². The lowest BCUT2D eigenvalue weighted by Crippen LogP contribution is -2.30. The number of hydrogen-bond donors (Lipinski definition) is 2. The number of carbonyl (C=O) groups excluding carboxylic acids is 1. The lowest BCUT2D eigenvalue weighted by Gasteiger charge is -2.17. The molecule has 1 aromatic carbocycles. The van der Waals surface area contributed by atoms with E-state index < -0.39 is 0 Å². The van der Waals surface area contributed by atoms with Gasteiger partial charge in [-0.3, -0.25) is 5.32 Å². The molecule has 2 N–H and O–H groups in total. The molecule has 0 aliphatic rings. The summed E-state index contributed by atoms with van der Waals surface area (Å²) in [7, 11) is 2.14. The average Bonchev–Trinajstić information content (AvgIpc) is 2.98. The normalized spacial score (nSPS) is 10.9. The van der Waals surface area contributed by atoms with Crippen molar-refractivity contribution in [1.29, 1.82) is 0 Å². The molecule has 28 heavy (non-hydrogen) atoms. The molecule has 0 spiro atoms. The van der Waals surface area contributed by atoms with E-state index >= 15 is 0 Å². The van der Waals surface area contributed by atoms with Gasteiger partial charge in [-0.1, -0.05) is 36.1 Å². The first kappa shape index (κ1) is 22.1. The second kappa shape index (κ2) is 10.4. The SMILES string of the molecule is C=C(C)c1sc(NC(=O)NCCCCN(C)Cc2ccc(C)c(C)c2)nc1C. The minimum absolute atomic E-state index is 0.203. The van der Waals surface area contributed by atoms with Crippen LogP contribution >= 0.6 is 11.3 Å². The van der Waals surface area contributed by atoms with E-state index in [1.165, 1.54) is 28.0 Å². The maximum Gasteiger partial charge on any atom is 0.321 e. The molecular formula is C22H32N4OS. The Bertz CT molecular complexity index is 828. The molecule has 0 radical (unpaired) electrons. The van der Waals surface area contributed by atoms with Crippen molar-refractivity contribution in [2.45, 2.75) is 47.1 Å². The lowest BCUT2D eigenvalue weighted by molar-refractivity contribution is 0.251. The van der Waals surface area contributed by atoms with Crippen LogP contribution in [0.5, 0.6) is 0 Å². The molecule has 2 rings (SSSR count). The Morgan fingerprint density at radius 3 is 2.61 bits per heavy atom. The molecule has 0 aliphatic heterocycles. The van der Waals surface area contributed by atoms with Crippen molar-refractivity contribution in [2.24, 2.45) is 0 Å². The number of amides is 2. The third kappa shape index (κ3) is 6.77. The summed E-state index contributed by atoms with van der Waals surface area (Å²) in [4.78, 5) is 19.7. The molecule has 0 atom stereocenters. The number of nitrogens with zero attached hydrogens (tertiary/aromatic N) is 2. The fraction of sp³-hybridized carbons (Fsp3) is 0.455. The molecule has 1 heterocycles. The van der Waals surface area contributed by atoms with Crippen LogP contribution in [0.2, 0.25) is 0 Å². The third-order valence-electron chi connectivity index (χ3n) is 4.68. The molecule has 1 aromatic heterocycles. The highest BCUT2D eigenvalue weighted by Crippen LogP contribution is 2.27. The van der Waals surface area contributed by atoms with Crippen molar-refractivity contribution in [3.05, 3.63) is 52.0 Å². The minimum atomic E-state index is -0.203. The van der Waals surface area contributed by atoms with Gasteiger partial charge in [0.15, 0.2) is 5.13 Å². The van der Waals surface area contributed by atoms with E-state index in [0.29, 0.717) is 11.7 Å². The van der Waals surface area contributed by atoms with Crippen LogP contribution in [0.1, 0.15) is 47.0 Å². The molecular weight excluding hydrogens is 368 g/mol. The number of nitrogens with one attached hydrogen (secondary N) is 2. The van der Waals surface area contributed by atoms with E-state index in [2.05, 4.69) is 66.2 Å². The molecule has 0 saturated heterocycles. The number of benzene rings is 1. The van der Waals surface area contributed by atoms with Gasteiger partial charge in [-0.15, -0.1) is 0 Å². The number of aryl methyl sites for hydroxylation is 3. The Hall–Kier alpha value is -2.18. The van der Waals surface area contributed by atoms with E-state index in [1.807, 2.05) is 13.8 Å². The Balaban J connectivity index is 1.64. The molecule has 2 amide bonds. The van der Waals surface area contributed by atoms with Crippen molar-refractivity contribution in [3.63, 3.8) is 0 Å². The maximum absolute atomic E-state index is 12.0. The first-order valence-corrected chi connectivity index (χ1v) is 10.5. The number of carbonyl (C=O) groups is 1. The van der Waals surface area contributed by atoms with Crippen molar-refractivity contribution in [3.8, 4) is 0 Å². The van der Waals surface area contributed by atoms with Gasteiger partial charge in [0.25, 0.3) is 0 Å². The van der Waals surface area contributed by atoms with Crippen LogP contribution < -0.4 is 10.6 Å². The van der Waals surface area contributed by atoms with Crippen LogP contribution in [0.4, 0.5) is 9.93 Å². The number of unbranched alkanes of at least 4 members (excludes halogenated alkanes) is 1. The van der Waals surface area contributed by atoms with Crippen LogP contribution in [0, 0.1) is 20.8 Å². The Morgan fingerprint density at radius 1 is 1.21 bits per heavy atom. The van der Waals surface area contributed by atoms with Gasteiger partial charge in [0, 0.05) is 13.1 Å². The number of aromatic nitrogens is 1. The van der Waals surface area contributed by atoms with Gasteiger partial charge in [-0.2, -0.15) is 0 Å². The van der Waals surface area contributed by atoms with Crippen molar-refractivity contribution in [1.82, 2.24) is 15.2 Å². The van der Waals surface area contributed by atoms with Crippen LogP contribution in [-0.2, 0) is 6.54 Å². The van der Waals surface area contributed by atoms with Crippen LogP contribution in [0.15, 0.2) is 24.8 Å². The number of rotatable bonds is 9. The van der Waals surface area contributed by atoms with Gasteiger partial charge < -0.3 is 10.2 Å². The summed E-state index contributed by atoms with van der Waals surface area (Å²) in [5.74, 6) is 0. The molecule has 152 valence electrons. The number of hydrogen-bond acceptors (Lipinski definition) is 4. The van der Waals surface area contributed by atoms with Gasteiger partial charge in [0.05, 0.1) is 10.6 Å². The molecule has 0 fully saturated rings. The van der Waals surface area contributed by atoms with E-state index in [9.17, 15) is 4.79 Å². The second-order valence-corrected chi connectivity index (χ2v) is 8.46. The van der Waals surface area contributed by atoms with E-state index in [0.717, 1.165) is 42.1 Å². The number of urea groups is 1. The smallest absolute Gasteiger partial charge is 0.321 e. The number of allylic oxidation sites excluding steroid dienone is 1. The Labute approximate surface area is 172 Å². The molecule has 0 aliphatic carbocycles. The number of anilines is 1. The van der Waals surface area contributed by atoms with Crippen molar-refractivity contribution < 1.29 is 4.79 Å². The highest BCUT2D eigenvalue weighted by Gasteiger charge is 2.10. The molecule has 0 unspecified atom stereocenters. The highest BCUT2D eigenvalue weighted by atomic mass is 32.1. The zero-order valence-corrected chi connectivity index (χ0v) is 18.5. The molecule has 0 saturated carbocycles. The summed E-state index contributed by atoms with van der Waals surface area (Å²) >= 11 is 1.46. The lowest BCUT2D eigenvalue weighted by atomic mass is 10.1. The summed E-state index contributed by atoms with van der Waals surface area (Å²) in [5.41, 5.74) is 5.88. The standard InChI is InChI=1S/C22H32N4OS/c1-15(2)20-18(5)24-22(28-20)25-21(27)23-11-7-8-12-26(6)14-19-10-9-16(3)17(4)13-19/h9-10,13H,1,7-8,11-12,14H2,2-6H3,(H2,23,24,25,27). The Morgan fingerprint density at radius 2 is 1.96 bits per heavy atom. The average molecular weight is 401 g/mol. The first-order chi connectivity index (χ1) is 13.3. The monoisotopic (exact) mass is 400 g/mol. The summed E-state index contributed by atoms with van der Waals surface area (Å²) in [6.07, 6.45) is 1.98. The summed E-state index contributed by atoms with van der Waals surface area (Å²) in [5, 5.41) is 6.32. The topological polar surface area (TPSA) is 57.3 Å². The van der Waals surface area contributed by atoms with E-state index in [4.69, 9.17) is 0 Å². The number of thiazole rings is 1. The van der Waals surface area contributed by atoms with Gasteiger partial charge >= 0.3 is 6.03 Å². The molecule has 0 bridgehead atoms. The van der Waals surface area contributed by atoms with Crippen molar-refractivity contribution >= 4 is 28.1 Å².